The number of halogens is 1. The van der Waals surface area contributed by atoms with Crippen LogP contribution in [-0.4, -0.2) is 18.0 Å². The number of nitrogens with one attached hydrogen (secondary N) is 2. The van der Waals surface area contributed by atoms with Crippen LogP contribution in [0.4, 0.5) is 10.1 Å². The number of hydrogen-bond donors (Lipinski definition) is 2. The van der Waals surface area contributed by atoms with Crippen LogP contribution in [0.15, 0.2) is 42.5 Å². The third kappa shape index (κ3) is 2.41. The smallest absolute Gasteiger partial charge is 0.272 e. The molecule has 0 aliphatic rings. The van der Waals surface area contributed by atoms with Crippen LogP contribution in [0.3, 0.4) is 0 Å². The molecule has 112 valence electrons. The minimum absolute atomic E-state index is 0.293. The Morgan fingerprint density at radius 1 is 1.23 bits per heavy atom. The first-order valence-corrected chi connectivity index (χ1v) is 6.82. The van der Waals surface area contributed by atoms with Crippen molar-refractivity contribution in [3.05, 3.63) is 59.5 Å². The molecule has 2 aromatic carbocycles. The van der Waals surface area contributed by atoms with Crippen LogP contribution < -0.4 is 10.1 Å². The van der Waals surface area contributed by atoms with E-state index in [0.717, 1.165) is 10.9 Å². The van der Waals surface area contributed by atoms with E-state index in [9.17, 15) is 9.18 Å². The third-order valence-corrected chi connectivity index (χ3v) is 3.60. The Labute approximate surface area is 126 Å². The van der Waals surface area contributed by atoms with Gasteiger partial charge in [0.1, 0.15) is 17.3 Å². The summed E-state index contributed by atoms with van der Waals surface area (Å²) in [5.41, 5.74) is 2.37. The fourth-order valence-corrected chi connectivity index (χ4v) is 2.47. The molecular weight excluding hydrogens is 283 g/mol. The second-order valence-corrected chi connectivity index (χ2v) is 4.97. The Hall–Kier alpha value is -2.82. The second-order valence-electron chi connectivity index (χ2n) is 4.97. The lowest BCUT2D eigenvalue weighted by Crippen LogP contribution is -2.14. The third-order valence-electron chi connectivity index (χ3n) is 3.60. The van der Waals surface area contributed by atoms with Crippen LogP contribution in [-0.2, 0) is 0 Å². The van der Waals surface area contributed by atoms with Crippen LogP contribution in [0, 0.1) is 12.7 Å². The molecule has 0 bridgehead atoms. The number of H-pyrrole nitrogens is 1. The Bertz CT molecular complexity index is 855. The van der Waals surface area contributed by atoms with Crippen molar-refractivity contribution in [2.24, 2.45) is 0 Å². The molecule has 0 aliphatic carbocycles. The molecule has 1 heterocycles. The molecule has 2 N–H and O–H groups in total. The summed E-state index contributed by atoms with van der Waals surface area (Å²) in [5.74, 6) is -0.0558. The standard InChI is InChI=1S/C17H15FN2O2/c1-10-12-8-7-11(18)9-14(12)19-16(10)17(21)20-13-5-3-4-6-15(13)22-2/h3-9,19H,1-2H3,(H,20,21). The van der Waals surface area contributed by atoms with Gasteiger partial charge in [-0.05, 0) is 42.8 Å². The Kier molecular flexibility index (Phi) is 3.55. The number of benzene rings is 2. The molecule has 0 atom stereocenters. The predicted octanol–water partition coefficient (Wildman–Crippen LogP) is 3.88. The molecule has 22 heavy (non-hydrogen) atoms. The first kappa shape index (κ1) is 14.1. The quantitative estimate of drug-likeness (QED) is 0.771. The minimum atomic E-state index is -0.342. The van der Waals surface area contributed by atoms with Crippen LogP contribution in [0.1, 0.15) is 16.1 Å². The average Bonchev–Trinajstić information content (AvgIpc) is 2.84. The molecule has 0 unspecified atom stereocenters. The maximum absolute atomic E-state index is 13.3. The first-order valence-electron chi connectivity index (χ1n) is 6.82. The zero-order valence-electron chi connectivity index (χ0n) is 12.2. The molecule has 0 saturated heterocycles. The van der Waals surface area contributed by atoms with Crippen LogP contribution in [0.25, 0.3) is 10.9 Å². The molecule has 0 saturated carbocycles. The predicted molar refractivity (Wildman–Crippen MR) is 83.9 cm³/mol. The highest BCUT2D eigenvalue weighted by atomic mass is 19.1. The molecule has 0 radical (unpaired) electrons. The van der Waals surface area contributed by atoms with E-state index >= 15 is 0 Å². The van der Waals surface area contributed by atoms with Crippen LogP contribution in [0.2, 0.25) is 0 Å². The Balaban J connectivity index is 1.97. The van der Waals surface area contributed by atoms with Gasteiger partial charge >= 0.3 is 0 Å². The summed E-state index contributed by atoms with van der Waals surface area (Å²) in [4.78, 5) is 15.4. The first-order chi connectivity index (χ1) is 10.6. The van der Waals surface area contributed by atoms with Gasteiger partial charge in [0.15, 0.2) is 0 Å². The number of methoxy groups -OCH3 is 1. The normalized spacial score (nSPS) is 10.7. The minimum Gasteiger partial charge on any atom is -0.495 e. The molecular formula is C17H15FN2O2. The van der Waals surface area contributed by atoms with Gasteiger partial charge in [0.2, 0.25) is 0 Å². The van der Waals surface area contributed by atoms with E-state index in [2.05, 4.69) is 10.3 Å². The lowest BCUT2D eigenvalue weighted by molar-refractivity contribution is 0.102. The number of hydrogen-bond acceptors (Lipinski definition) is 2. The zero-order valence-corrected chi connectivity index (χ0v) is 12.2. The van der Waals surface area contributed by atoms with Gasteiger partial charge in [-0.1, -0.05) is 12.1 Å². The number of rotatable bonds is 3. The molecule has 0 spiro atoms. The van der Waals surface area contributed by atoms with Crippen LogP contribution in [0.5, 0.6) is 5.75 Å². The van der Waals surface area contributed by atoms with Crippen LogP contribution >= 0.6 is 0 Å². The van der Waals surface area contributed by atoms with Gasteiger partial charge in [-0.25, -0.2) is 4.39 Å². The number of ether oxygens (including phenoxy) is 1. The van der Waals surface area contributed by atoms with Crippen molar-refractivity contribution in [1.29, 1.82) is 0 Å². The summed E-state index contributed by atoms with van der Waals surface area (Å²) in [6.07, 6.45) is 0. The average molecular weight is 298 g/mol. The summed E-state index contributed by atoms with van der Waals surface area (Å²) in [7, 11) is 1.54. The van der Waals surface area contributed by atoms with Crippen molar-refractivity contribution in [3.63, 3.8) is 0 Å². The topological polar surface area (TPSA) is 54.1 Å². The fourth-order valence-electron chi connectivity index (χ4n) is 2.47. The number of amides is 1. The van der Waals surface area contributed by atoms with Gasteiger partial charge in [0.05, 0.1) is 12.8 Å². The number of carbonyl (C=O) groups is 1. The van der Waals surface area contributed by atoms with Gasteiger partial charge in [-0.3, -0.25) is 4.79 Å². The Morgan fingerprint density at radius 3 is 2.77 bits per heavy atom. The van der Waals surface area contributed by atoms with E-state index < -0.39 is 0 Å². The maximum Gasteiger partial charge on any atom is 0.272 e. The van der Waals surface area contributed by atoms with Crippen molar-refractivity contribution in [3.8, 4) is 5.75 Å². The molecule has 5 heteroatoms. The lowest BCUT2D eigenvalue weighted by Gasteiger charge is -2.09. The number of aromatic nitrogens is 1. The highest BCUT2D eigenvalue weighted by molar-refractivity contribution is 6.08. The van der Waals surface area contributed by atoms with Gasteiger partial charge in [-0.15, -0.1) is 0 Å². The summed E-state index contributed by atoms with van der Waals surface area (Å²) < 4.78 is 18.5. The summed E-state index contributed by atoms with van der Waals surface area (Å²) in [6.45, 7) is 1.83. The van der Waals surface area contributed by atoms with E-state index in [4.69, 9.17) is 4.74 Å². The van der Waals surface area contributed by atoms with E-state index in [1.807, 2.05) is 19.1 Å². The highest BCUT2D eigenvalue weighted by Gasteiger charge is 2.16. The molecule has 0 fully saturated rings. The number of para-hydroxylation sites is 2. The molecule has 4 nitrogen and oxygen atoms in total. The van der Waals surface area contributed by atoms with Crippen molar-refractivity contribution in [2.75, 3.05) is 12.4 Å². The number of carbonyl (C=O) groups excluding carboxylic acids is 1. The largest absolute Gasteiger partial charge is 0.495 e. The second kappa shape index (κ2) is 5.52. The van der Waals surface area contributed by atoms with E-state index in [-0.39, 0.29) is 11.7 Å². The van der Waals surface area contributed by atoms with Gasteiger partial charge < -0.3 is 15.0 Å². The Morgan fingerprint density at radius 2 is 2.00 bits per heavy atom. The number of aromatic amines is 1. The summed E-state index contributed by atoms with van der Waals surface area (Å²) >= 11 is 0. The highest BCUT2D eigenvalue weighted by Crippen LogP contribution is 2.26. The number of aryl methyl sites for hydroxylation is 1. The van der Waals surface area contributed by atoms with Gasteiger partial charge in [0.25, 0.3) is 5.91 Å². The molecule has 0 aliphatic heterocycles. The van der Waals surface area contributed by atoms with E-state index in [1.54, 1.807) is 25.3 Å². The SMILES string of the molecule is COc1ccccc1NC(=O)c1[nH]c2cc(F)ccc2c1C. The summed E-state index contributed by atoms with van der Waals surface area (Å²) in [5, 5.41) is 3.63. The monoisotopic (exact) mass is 298 g/mol. The van der Waals surface area contributed by atoms with Gasteiger partial charge in [-0.2, -0.15) is 0 Å². The number of fused-ring (bicyclic) bond motifs is 1. The van der Waals surface area contributed by atoms with Gasteiger partial charge in [0, 0.05) is 10.9 Å². The van der Waals surface area contributed by atoms with Crippen molar-refractivity contribution >= 4 is 22.5 Å². The molecule has 1 amide bonds. The molecule has 1 aromatic heterocycles. The van der Waals surface area contributed by atoms with E-state index in [1.165, 1.54) is 12.1 Å². The summed E-state index contributed by atoms with van der Waals surface area (Å²) in [6, 6.07) is 11.6. The van der Waals surface area contributed by atoms with E-state index in [0.29, 0.717) is 22.6 Å². The lowest BCUT2D eigenvalue weighted by atomic mass is 10.1. The van der Waals surface area contributed by atoms with Crippen molar-refractivity contribution < 1.29 is 13.9 Å². The molecule has 3 rings (SSSR count). The zero-order chi connectivity index (χ0) is 15.7. The van der Waals surface area contributed by atoms with Crippen molar-refractivity contribution in [1.82, 2.24) is 4.98 Å². The maximum atomic E-state index is 13.3. The fraction of sp³-hybridized carbons (Fsp3) is 0.118. The van der Waals surface area contributed by atoms with Crippen molar-refractivity contribution in [2.45, 2.75) is 6.92 Å². The molecule has 3 aromatic rings. The number of anilines is 1.